The van der Waals surface area contributed by atoms with Crippen molar-refractivity contribution in [3.63, 3.8) is 0 Å². The first-order chi connectivity index (χ1) is 2.27. The van der Waals surface area contributed by atoms with E-state index >= 15 is 0 Å². The Bertz CT molecular complexity index is 29.7. The van der Waals surface area contributed by atoms with E-state index in [0.717, 1.165) is 0 Å². The minimum Gasteiger partial charge on any atom is -0.841 e. The molecule has 0 aromatic carbocycles. The molecule has 6 heteroatoms. The molecule has 0 unspecified atom stereocenters. The first-order valence-corrected chi connectivity index (χ1v) is 2.85. The van der Waals surface area contributed by atoms with Gasteiger partial charge in [0, 0.05) is 5.62 Å². The molecule has 0 N–H and O–H groups in total. The molecule has 0 radical (unpaired) electrons. The third kappa shape index (κ3) is 17.7. The van der Waals surface area contributed by atoms with Gasteiger partial charge in [0.05, 0.1) is 0 Å². The Morgan fingerprint density at radius 3 is 1.43 bits per heavy atom. The van der Waals surface area contributed by atoms with E-state index in [1.807, 2.05) is 0 Å². The number of hydrogen-bond donors (Lipinski definition) is 0. The fourth-order valence-electron chi connectivity index (χ4n) is 0. The van der Waals surface area contributed by atoms with Crippen LogP contribution in [0.2, 0.25) is 0 Å². The normalized spacial score (nSPS) is 6.86. The molecule has 7 heavy (non-hydrogen) atoms. The van der Waals surface area contributed by atoms with Crippen LogP contribution in [0.25, 0.3) is 0 Å². The molecule has 0 bridgehead atoms. The van der Waals surface area contributed by atoms with Crippen LogP contribution < -0.4 is 68.9 Å². The zero-order valence-electron chi connectivity index (χ0n) is 4.35. The second-order valence-electron chi connectivity index (χ2n) is 0.452. The smallest absolute Gasteiger partial charge is 0.841 e. The number of halogens is 1. The largest absolute Gasteiger partial charge is 1.00 e. The van der Waals surface area contributed by atoms with Crippen LogP contribution in [0.3, 0.4) is 0 Å². The Balaban J connectivity index is -0.0000000800. The van der Waals surface area contributed by atoms with Gasteiger partial charge in [0.1, 0.15) is 0 Å². The van der Waals surface area contributed by atoms with E-state index in [1.165, 1.54) is 0 Å². The SMILES string of the molecule is [Na+].[Na+].[O-]P([O-])CCl. The number of hydrogen-bond acceptors (Lipinski definition) is 2. The van der Waals surface area contributed by atoms with Crippen molar-refractivity contribution in [2.75, 3.05) is 5.62 Å². The van der Waals surface area contributed by atoms with E-state index < -0.39 is 8.38 Å². The molecule has 0 atom stereocenters. The number of rotatable bonds is 1. The van der Waals surface area contributed by atoms with Crippen LogP contribution in [-0.2, 0) is 0 Å². The van der Waals surface area contributed by atoms with Crippen molar-refractivity contribution < 1.29 is 68.9 Å². The summed E-state index contributed by atoms with van der Waals surface area (Å²) in [7, 11) is -2.33. The van der Waals surface area contributed by atoms with E-state index in [4.69, 9.17) is 11.6 Å². The summed E-state index contributed by atoms with van der Waals surface area (Å²) in [5, 5.41) is 0. The predicted octanol–water partition coefficient (Wildman–Crippen LogP) is -6.78. The molecule has 2 nitrogen and oxygen atoms in total. The molecule has 0 saturated carbocycles. The Morgan fingerprint density at radius 2 is 1.43 bits per heavy atom. The van der Waals surface area contributed by atoms with Crippen molar-refractivity contribution in [1.29, 1.82) is 0 Å². The summed E-state index contributed by atoms with van der Waals surface area (Å²) in [6.45, 7) is 0. The van der Waals surface area contributed by atoms with Crippen LogP contribution in [0.5, 0.6) is 0 Å². The fourth-order valence-corrected chi connectivity index (χ4v) is 0. The summed E-state index contributed by atoms with van der Waals surface area (Å²) in [4.78, 5) is 18.5. The molecule has 0 aliphatic carbocycles. The van der Waals surface area contributed by atoms with Crippen molar-refractivity contribution in [1.82, 2.24) is 0 Å². The topological polar surface area (TPSA) is 46.1 Å². The molecule has 0 aromatic heterocycles. The van der Waals surface area contributed by atoms with Gasteiger partial charge in [-0.3, -0.25) is 8.38 Å². The standard InChI is InChI=1S/CH2ClO2P.2Na/c2-1-5(3)4;;/h1H2;;/q-2;2*+1. The van der Waals surface area contributed by atoms with Gasteiger partial charge in [-0.05, 0) is 0 Å². The molecule has 32 valence electrons. The van der Waals surface area contributed by atoms with Crippen LogP contribution >= 0.6 is 20.0 Å². The van der Waals surface area contributed by atoms with Crippen molar-refractivity contribution in [2.24, 2.45) is 0 Å². The minimum atomic E-state index is -2.33. The summed E-state index contributed by atoms with van der Waals surface area (Å²) in [6.07, 6.45) is 0. The van der Waals surface area contributed by atoms with Gasteiger partial charge >= 0.3 is 59.1 Å². The zero-order valence-corrected chi connectivity index (χ0v) is 10.00. The second kappa shape index (κ2) is 11.4. The Labute approximate surface area is 93.1 Å². The van der Waals surface area contributed by atoms with Gasteiger partial charge in [0.2, 0.25) is 0 Å². The maximum Gasteiger partial charge on any atom is 1.00 e. The molecular weight excluding hydrogens is 156 g/mol. The van der Waals surface area contributed by atoms with E-state index in [1.54, 1.807) is 0 Å². The van der Waals surface area contributed by atoms with E-state index in [2.05, 4.69) is 0 Å². The molecule has 0 aliphatic rings. The molecule has 0 spiro atoms. The summed E-state index contributed by atoms with van der Waals surface area (Å²) in [5.41, 5.74) is -0.269. The van der Waals surface area contributed by atoms with Gasteiger partial charge in [-0.15, -0.1) is 11.6 Å². The van der Waals surface area contributed by atoms with Crippen LogP contribution in [0, 0.1) is 0 Å². The van der Waals surface area contributed by atoms with Gasteiger partial charge in [0.25, 0.3) is 0 Å². The van der Waals surface area contributed by atoms with Crippen molar-refractivity contribution >= 4 is 20.0 Å². The molecule has 0 heterocycles. The molecular formula is CH2ClNa2O2P. The molecule has 0 amide bonds. The Morgan fingerprint density at radius 1 is 1.29 bits per heavy atom. The molecule has 0 aliphatic heterocycles. The quantitative estimate of drug-likeness (QED) is 0.216. The van der Waals surface area contributed by atoms with Crippen molar-refractivity contribution in [3.05, 3.63) is 0 Å². The fraction of sp³-hybridized carbons (Fsp3) is 1.00. The molecule has 0 aromatic rings. The van der Waals surface area contributed by atoms with E-state index in [0.29, 0.717) is 0 Å². The maximum atomic E-state index is 9.27. The molecule has 0 rings (SSSR count). The Kier molecular flexibility index (Phi) is 26.7. The van der Waals surface area contributed by atoms with Crippen molar-refractivity contribution in [3.8, 4) is 0 Å². The summed E-state index contributed by atoms with van der Waals surface area (Å²) in [5.74, 6) is 0. The molecule has 0 fully saturated rings. The van der Waals surface area contributed by atoms with Crippen LogP contribution in [-0.4, -0.2) is 5.62 Å². The van der Waals surface area contributed by atoms with E-state index in [-0.39, 0.29) is 64.7 Å². The maximum absolute atomic E-state index is 9.27. The molecule has 0 saturated heterocycles. The predicted molar refractivity (Wildman–Crippen MR) is 17.6 cm³/mol. The average molecular weight is 158 g/mol. The van der Waals surface area contributed by atoms with Crippen LogP contribution in [0.1, 0.15) is 0 Å². The minimum absolute atomic E-state index is 0. The monoisotopic (exact) mass is 158 g/mol. The number of alkyl halides is 1. The van der Waals surface area contributed by atoms with E-state index in [9.17, 15) is 9.79 Å². The summed E-state index contributed by atoms with van der Waals surface area (Å²) in [6, 6.07) is 0. The van der Waals surface area contributed by atoms with Crippen molar-refractivity contribution in [2.45, 2.75) is 0 Å². The van der Waals surface area contributed by atoms with Gasteiger partial charge in [-0.2, -0.15) is 0 Å². The van der Waals surface area contributed by atoms with Gasteiger partial charge < -0.3 is 9.79 Å². The third-order valence-corrected chi connectivity index (χ3v) is 0.878. The van der Waals surface area contributed by atoms with Crippen LogP contribution in [0.15, 0.2) is 0 Å². The Hall–Kier alpha value is 2.64. The van der Waals surface area contributed by atoms with Gasteiger partial charge in [0.15, 0.2) is 0 Å². The summed E-state index contributed by atoms with van der Waals surface area (Å²) >= 11 is 4.74. The van der Waals surface area contributed by atoms with Gasteiger partial charge in [-0.25, -0.2) is 0 Å². The average Bonchev–Trinajstić information content (AvgIpc) is 1.38. The third-order valence-electron chi connectivity index (χ3n) is 0.0976. The van der Waals surface area contributed by atoms with Crippen LogP contribution in [0.4, 0.5) is 0 Å². The second-order valence-corrected chi connectivity index (χ2v) is 2.07. The van der Waals surface area contributed by atoms with Gasteiger partial charge in [-0.1, -0.05) is 0 Å². The first kappa shape index (κ1) is 16.3. The summed E-state index contributed by atoms with van der Waals surface area (Å²) < 4.78 is 0. The first-order valence-electron chi connectivity index (χ1n) is 0.949. The zero-order chi connectivity index (χ0) is 4.28.